The number of carboxylic acids is 1. The van der Waals surface area contributed by atoms with E-state index in [0.29, 0.717) is 66.3 Å². The summed E-state index contributed by atoms with van der Waals surface area (Å²) in [7, 11) is -17.5. The van der Waals surface area contributed by atoms with E-state index in [-0.39, 0.29) is 141 Å². The molecule has 2 aromatic carbocycles. The number of aliphatic carboxylic acids is 1. The van der Waals surface area contributed by atoms with Gasteiger partial charge in [-0.15, -0.1) is 0 Å². The van der Waals surface area contributed by atoms with E-state index in [1.54, 1.807) is 44.2 Å². The number of fused-ring (bicyclic) bond motifs is 2. The van der Waals surface area contributed by atoms with Gasteiger partial charge in [0.1, 0.15) is 26.8 Å². The van der Waals surface area contributed by atoms with Crippen LogP contribution in [0.2, 0.25) is 0 Å². The summed E-state index contributed by atoms with van der Waals surface area (Å²) in [6.07, 6.45) is 9.72. The van der Waals surface area contributed by atoms with Crippen molar-refractivity contribution in [2.24, 2.45) is 0 Å². The van der Waals surface area contributed by atoms with Crippen LogP contribution in [0, 0.1) is 0 Å². The van der Waals surface area contributed by atoms with Crippen LogP contribution in [0.15, 0.2) is 82.3 Å². The Hall–Kier alpha value is -0.840. The normalized spacial score (nSPS) is 19.3. The van der Waals surface area contributed by atoms with Crippen molar-refractivity contribution in [1.82, 2.24) is 0 Å². The Morgan fingerprint density at radius 1 is 0.723 bits per heavy atom. The number of carbonyl (C=O) groups is 1. The molecule has 2 aliphatic rings. The average molecular weight is 1010 g/mol. The second-order valence-corrected chi connectivity index (χ2v) is 21.3. The third kappa shape index (κ3) is 17.5. The first-order chi connectivity index (χ1) is 28.8. The van der Waals surface area contributed by atoms with Gasteiger partial charge < -0.3 is 37.7 Å². The first-order valence-corrected chi connectivity index (χ1v) is 25.6. The largest absolute Gasteiger partial charge is 1.00 e. The number of allylic oxidation sites excluding steroid dienone is 6. The number of hydrogen-bond donors (Lipinski definition) is 1. The molecule has 18 nitrogen and oxygen atoms in total. The molecule has 0 saturated carbocycles. The Morgan fingerprint density at radius 2 is 1.29 bits per heavy atom. The molecule has 0 bridgehead atoms. The van der Waals surface area contributed by atoms with E-state index in [1.165, 1.54) is 43.5 Å². The summed E-state index contributed by atoms with van der Waals surface area (Å²) in [5.74, 6) is -2.34. The van der Waals surface area contributed by atoms with Crippen molar-refractivity contribution in [3.63, 3.8) is 0 Å². The van der Waals surface area contributed by atoms with E-state index in [9.17, 15) is 56.7 Å². The minimum Gasteiger partial charge on any atom is -0.748 e. The maximum atomic E-state index is 12.1. The third-order valence-electron chi connectivity index (χ3n) is 11.0. The van der Waals surface area contributed by atoms with Gasteiger partial charge in [0.05, 0.1) is 55.3 Å². The minimum absolute atomic E-state index is 0. The molecule has 2 aliphatic heterocycles. The Balaban J connectivity index is 0.00000704. The van der Waals surface area contributed by atoms with Crippen LogP contribution in [-0.4, -0.2) is 125 Å². The summed E-state index contributed by atoms with van der Waals surface area (Å²) in [6.45, 7) is 4.83. The molecule has 2 aromatic rings. The zero-order valence-corrected chi connectivity index (χ0v) is 46.8. The molecule has 2 unspecified atom stereocenters. The molecule has 0 aliphatic carbocycles. The molecule has 4 rings (SSSR count). The molecule has 0 amide bonds. The number of nitrogens with zero attached hydrogens (tertiary/aromatic N) is 2. The predicted octanol–water partition coefficient (Wildman–Crippen LogP) is -5.40. The number of methoxy groups -OCH3 is 1. The third-order valence-corrected chi connectivity index (χ3v) is 14.3. The van der Waals surface area contributed by atoms with E-state index in [1.807, 2.05) is 9.48 Å². The molecule has 1 N–H and O–H groups in total. The van der Waals surface area contributed by atoms with Crippen LogP contribution < -0.4 is 93.6 Å². The van der Waals surface area contributed by atoms with Crippen molar-refractivity contribution in [2.45, 2.75) is 85.8 Å². The molecule has 65 heavy (non-hydrogen) atoms. The van der Waals surface area contributed by atoms with Gasteiger partial charge in [-0.05, 0) is 94.3 Å². The van der Waals surface area contributed by atoms with Gasteiger partial charge in [-0.3, -0.25) is 4.79 Å². The average Bonchev–Trinajstić information content (AvgIpc) is 3.52. The fourth-order valence-corrected chi connectivity index (χ4v) is 10.1. The summed E-state index contributed by atoms with van der Waals surface area (Å²) < 4.78 is 155. The number of unbranched alkanes of at least 4 members (excludes halogenated alkanes) is 2. The van der Waals surface area contributed by atoms with Crippen molar-refractivity contribution in [2.75, 3.05) is 56.4 Å². The number of benzene rings is 2. The van der Waals surface area contributed by atoms with Gasteiger partial charge in [0.15, 0.2) is 5.71 Å². The fourth-order valence-electron chi connectivity index (χ4n) is 8.07. The van der Waals surface area contributed by atoms with Crippen molar-refractivity contribution in [3.8, 4) is 0 Å². The van der Waals surface area contributed by atoms with E-state index in [0.717, 1.165) is 0 Å². The van der Waals surface area contributed by atoms with Gasteiger partial charge in [-0.2, -0.15) is 4.58 Å². The Bertz CT molecular complexity index is 2570. The van der Waals surface area contributed by atoms with E-state index in [4.69, 9.17) is 14.6 Å². The molecule has 25 heteroatoms. The molecular formula is C40H51N2Na3O16S4. The number of carboxylic acid groups (broad SMARTS) is 1. The molecule has 2 heterocycles. The van der Waals surface area contributed by atoms with Crippen LogP contribution in [0.1, 0.15) is 76.3 Å². The molecule has 0 fully saturated rings. The topological polar surface area (TPSA) is 291 Å². The van der Waals surface area contributed by atoms with Crippen LogP contribution in [0.4, 0.5) is 11.4 Å². The zero-order valence-electron chi connectivity index (χ0n) is 37.6. The van der Waals surface area contributed by atoms with E-state index >= 15 is 0 Å². The molecule has 0 aromatic heterocycles. The monoisotopic (exact) mass is 1010 g/mol. The predicted molar refractivity (Wildman–Crippen MR) is 223 cm³/mol. The maximum Gasteiger partial charge on any atom is 1.00 e. The van der Waals surface area contributed by atoms with Crippen LogP contribution in [0.25, 0.3) is 0 Å². The number of hydrogen-bond acceptors (Lipinski definition) is 16. The van der Waals surface area contributed by atoms with Crippen LogP contribution in [-0.2, 0) is 65.6 Å². The number of anilines is 1. The Labute approximate surface area is 448 Å². The molecule has 2 atom stereocenters. The summed E-state index contributed by atoms with van der Waals surface area (Å²) >= 11 is 0. The van der Waals surface area contributed by atoms with Gasteiger partial charge in [0.2, 0.25) is 5.69 Å². The van der Waals surface area contributed by atoms with Crippen molar-refractivity contribution >= 4 is 63.5 Å². The zero-order chi connectivity index (χ0) is 46.1. The second-order valence-electron chi connectivity index (χ2n) is 15.5. The SMILES string of the molecule is COCCOCCN1/C(=C/C=C/C=C/C2=[N+](CCCCCC(=O)O)c3ccc(S(=O)(=O)[O-])cc3C2(C)CCCS(=O)(=O)[O-])C(C)(CCCS(=O)(=O)[O-])c2cc(S(=O)(=O)[O-])ccc21.[Na+].[Na+].[Na+]. The number of rotatable bonds is 25. The molecule has 0 radical (unpaired) electrons. The van der Waals surface area contributed by atoms with Gasteiger partial charge in [0, 0.05) is 72.5 Å². The first-order valence-electron chi connectivity index (χ1n) is 19.7. The van der Waals surface area contributed by atoms with E-state index in [2.05, 4.69) is 0 Å². The first kappa shape index (κ1) is 62.2. The minimum atomic E-state index is -4.91. The van der Waals surface area contributed by atoms with Gasteiger partial charge in [0.25, 0.3) is 0 Å². The van der Waals surface area contributed by atoms with Gasteiger partial charge in [-0.25, -0.2) is 33.7 Å². The van der Waals surface area contributed by atoms with Gasteiger partial charge in [-0.1, -0.05) is 18.2 Å². The quantitative estimate of drug-likeness (QED) is 0.0319. The fraction of sp³-hybridized carbons (Fsp3) is 0.500. The maximum absolute atomic E-state index is 12.1. The van der Waals surface area contributed by atoms with Crippen molar-refractivity contribution in [1.29, 1.82) is 0 Å². The number of ether oxygens (including phenoxy) is 2. The summed E-state index contributed by atoms with van der Waals surface area (Å²) in [4.78, 5) is 12.0. The molecular weight excluding hydrogens is 962 g/mol. The van der Waals surface area contributed by atoms with Crippen LogP contribution >= 0.6 is 0 Å². The Kier molecular flexibility index (Phi) is 25.2. The Morgan fingerprint density at radius 3 is 1.85 bits per heavy atom. The smallest absolute Gasteiger partial charge is 0.748 e. The van der Waals surface area contributed by atoms with E-state index < -0.39 is 78.6 Å². The van der Waals surface area contributed by atoms with Crippen LogP contribution in [0.3, 0.4) is 0 Å². The standard InChI is InChI=1S/C40H54N2O16S4.3Na/c1-39(19-10-26-59(45,46)47)32-28-30(61(51,52)53)15-17-34(32)41(21-9-5-8-14-38(43)44)36(39)12-6-4-7-13-37-40(2,20-11-27-60(48,49)50)33-29-31(62(54,55)56)16-18-35(33)42(37)22-23-58-25-24-57-3;;;/h4,6-7,12-13,15-18,28-29H,5,8-11,14,19-27H2,1-3H3,(H4-,43,44,45,46,47,48,49,50,51,52,53,54,55,56);;;/q;3*+1/p-3. The molecule has 0 saturated heterocycles. The molecule has 0 spiro atoms. The van der Waals surface area contributed by atoms with Crippen molar-refractivity contribution in [3.05, 3.63) is 83.6 Å². The van der Waals surface area contributed by atoms with Crippen molar-refractivity contribution < 1.29 is 165 Å². The second kappa shape index (κ2) is 26.4. The summed E-state index contributed by atoms with van der Waals surface area (Å²) in [6, 6.07) is 7.81. The molecule has 344 valence electrons. The summed E-state index contributed by atoms with van der Waals surface area (Å²) in [5.41, 5.74) is 0.813. The van der Waals surface area contributed by atoms with Gasteiger partial charge >= 0.3 is 94.6 Å². The summed E-state index contributed by atoms with van der Waals surface area (Å²) in [5, 5.41) is 9.12. The van der Waals surface area contributed by atoms with Crippen LogP contribution in [0.5, 0.6) is 0 Å².